The summed E-state index contributed by atoms with van der Waals surface area (Å²) in [6.45, 7) is 1.68. The summed E-state index contributed by atoms with van der Waals surface area (Å²) in [6, 6.07) is 0. The number of fused-ring (bicyclic) bond motifs is 1. The Morgan fingerprint density at radius 2 is 2.00 bits per heavy atom. The van der Waals surface area contributed by atoms with Gasteiger partial charge in [-0.05, 0) is 6.42 Å². The van der Waals surface area contributed by atoms with Crippen LogP contribution in [0.25, 0.3) is 17.0 Å². The first kappa shape index (κ1) is 17.0. The average molecular weight is 360 g/mol. The standard InChI is InChI=1S/C16H20N6O4/c1-2-3-10-17-4-5-21(10)14-11-15(19-7-18-14)22(8-20-11)16-13(25)12(24)9(6-23)26-16/h4-5,7-9,12-13,16,23-25H,2-3,6H2,1H3/t9-,12-,13-,16-/m1/s1. The Morgan fingerprint density at radius 3 is 2.73 bits per heavy atom. The zero-order valence-electron chi connectivity index (χ0n) is 14.2. The highest BCUT2D eigenvalue weighted by molar-refractivity contribution is 5.78. The number of hydrogen-bond acceptors (Lipinski definition) is 8. The molecule has 4 atom stereocenters. The highest BCUT2D eigenvalue weighted by Crippen LogP contribution is 2.32. The third kappa shape index (κ3) is 2.58. The van der Waals surface area contributed by atoms with E-state index in [9.17, 15) is 15.3 Å². The summed E-state index contributed by atoms with van der Waals surface area (Å²) in [7, 11) is 0. The van der Waals surface area contributed by atoms with Crippen LogP contribution in [0.4, 0.5) is 0 Å². The highest BCUT2D eigenvalue weighted by atomic mass is 16.6. The van der Waals surface area contributed by atoms with Crippen molar-refractivity contribution in [3.05, 3.63) is 30.9 Å². The van der Waals surface area contributed by atoms with Crippen molar-refractivity contribution in [1.29, 1.82) is 0 Å². The van der Waals surface area contributed by atoms with Crippen LogP contribution < -0.4 is 0 Å². The van der Waals surface area contributed by atoms with E-state index in [0.29, 0.717) is 17.0 Å². The molecule has 4 rings (SSSR count). The van der Waals surface area contributed by atoms with Crippen molar-refractivity contribution in [2.45, 2.75) is 44.3 Å². The lowest BCUT2D eigenvalue weighted by atomic mass is 10.1. The van der Waals surface area contributed by atoms with Crippen LogP contribution >= 0.6 is 0 Å². The predicted molar refractivity (Wildman–Crippen MR) is 89.4 cm³/mol. The molecule has 3 N–H and O–H groups in total. The van der Waals surface area contributed by atoms with Gasteiger partial charge in [0.05, 0.1) is 12.9 Å². The Kier molecular flexibility index (Phi) is 4.41. The summed E-state index contributed by atoms with van der Waals surface area (Å²) in [5.41, 5.74) is 0.988. The first-order chi connectivity index (χ1) is 12.7. The quantitative estimate of drug-likeness (QED) is 0.559. The zero-order chi connectivity index (χ0) is 18.3. The molecule has 10 heteroatoms. The normalized spacial score (nSPS) is 26.0. The minimum absolute atomic E-state index is 0.392. The predicted octanol–water partition coefficient (Wildman–Crippen LogP) is -0.424. The third-order valence-electron chi connectivity index (χ3n) is 4.55. The summed E-state index contributed by atoms with van der Waals surface area (Å²) in [5, 5.41) is 29.5. The second-order valence-electron chi connectivity index (χ2n) is 6.21. The summed E-state index contributed by atoms with van der Waals surface area (Å²) < 4.78 is 8.98. The lowest BCUT2D eigenvalue weighted by Gasteiger charge is -2.16. The molecule has 4 heterocycles. The summed E-state index contributed by atoms with van der Waals surface area (Å²) in [4.78, 5) is 17.3. The topological polar surface area (TPSA) is 131 Å². The van der Waals surface area contributed by atoms with Crippen molar-refractivity contribution >= 4 is 11.2 Å². The van der Waals surface area contributed by atoms with Crippen LogP contribution in [-0.2, 0) is 11.2 Å². The van der Waals surface area contributed by atoms with Crippen LogP contribution in [0.3, 0.4) is 0 Å². The number of ether oxygens (including phenoxy) is 1. The van der Waals surface area contributed by atoms with Gasteiger partial charge in [0.15, 0.2) is 23.2 Å². The van der Waals surface area contributed by atoms with Crippen LogP contribution in [-0.4, -0.2) is 69.3 Å². The fourth-order valence-corrected chi connectivity index (χ4v) is 3.25. The maximum Gasteiger partial charge on any atom is 0.169 e. The van der Waals surface area contributed by atoms with E-state index in [-0.39, 0.29) is 0 Å². The Hall–Kier alpha value is -2.40. The minimum atomic E-state index is -1.20. The summed E-state index contributed by atoms with van der Waals surface area (Å²) in [5.74, 6) is 1.46. The zero-order valence-corrected chi connectivity index (χ0v) is 14.2. The molecule has 0 aliphatic carbocycles. The molecule has 0 unspecified atom stereocenters. The van der Waals surface area contributed by atoms with Crippen LogP contribution in [0.1, 0.15) is 25.4 Å². The Bertz CT molecular complexity index is 909. The van der Waals surface area contributed by atoms with Gasteiger partial charge < -0.3 is 20.1 Å². The van der Waals surface area contributed by atoms with Crippen LogP contribution in [0, 0.1) is 0 Å². The van der Waals surface area contributed by atoms with Crippen molar-refractivity contribution in [2.24, 2.45) is 0 Å². The summed E-state index contributed by atoms with van der Waals surface area (Å²) in [6.07, 6.45) is 4.02. The van der Waals surface area contributed by atoms with Gasteiger partial charge in [0.25, 0.3) is 0 Å². The maximum absolute atomic E-state index is 10.3. The fraction of sp³-hybridized carbons (Fsp3) is 0.500. The van der Waals surface area contributed by atoms with Gasteiger partial charge in [-0.15, -0.1) is 0 Å². The van der Waals surface area contributed by atoms with Crippen LogP contribution in [0.2, 0.25) is 0 Å². The van der Waals surface area contributed by atoms with Crippen molar-refractivity contribution in [2.75, 3.05) is 6.61 Å². The molecule has 1 saturated heterocycles. The van der Waals surface area contributed by atoms with Crippen molar-refractivity contribution in [3.63, 3.8) is 0 Å². The molecule has 3 aromatic rings. The molecule has 0 radical (unpaired) electrons. The Morgan fingerprint density at radius 1 is 1.15 bits per heavy atom. The van der Waals surface area contributed by atoms with Crippen LogP contribution in [0.5, 0.6) is 0 Å². The summed E-state index contributed by atoms with van der Waals surface area (Å²) >= 11 is 0. The SMILES string of the molecule is CCCc1nccn1-c1ncnc2c1ncn2[C@@H]1O[C@H](CO)[C@@H](O)[C@H]1O. The van der Waals surface area contributed by atoms with Crippen molar-refractivity contribution in [1.82, 2.24) is 29.1 Å². The van der Waals surface area contributed by atoms with Gasteiger partial charge in [-0.1, -0.05) is 6.92 Å². The maximum atomic E-state index is 10.3. The molecule has 0 amide bonds. The number of aliphatic hydroxyl groups is 3. The molecule has 0 spiro atoms. The number of aliphatic hydroxyl groups excluding tert-OH is 3. The molecule has 138 valence electrons. The third-order valence-corrected chi connectivity index (χ3v) is 4.55. The van der Waals surface area contributed by atoms with Crippen molar-refractivity contribution < 1.29 is 20.1 Å². The van der Waals surface area contributed by atoms with Gasteiger partial charge in [-0.25, -0.2) is 19.9 Å². The van der Waals surface area contributed by atoms with E-state index in [2.05, 4.69) is 26.9 Å². The van der Waals surface area contributed by atoms with Gasteiger partial charge in [0, 0.05) is 18.8 Å². The monoisotopic (exact) mass is 360 g/mol. The average Bonchev–Trinajstić information content (AvgIpc) is 3.34. The molecule has 0 aromatic carbocycles. The van der Waals surface area contributed by atoms with E-state index in [0.717, 1.165) is 18.7 Å². The Balaban J connectivity index is 1.78. The molecule has 26 heavy (non-hydrogen) atoms. The van der Waals surface area contributed by atoms with E-state index in [1.165, 1.54) is 12.7 Å². The van der Waals surface area contributed by atoms with Gasteiger partial charge >= 0.3 is 0 Å². The number of aromatic nitrogens is 6. The van der Waals surface area contributed by atoms with E-state index in [4.69, 9.17) is 4.74 Å². The molecular formula is C16H20N6O4. The largest absolute Gasteiger partial charge is 0.394 e. The van der Waals surface area contributed by atoms with E-state index in [1.54, 1.807) is 10.8 Å². The van der Waals surface area contributed by atoms with E-state index >= 15 is 0 Å². The van der Waals surface area contributed by atoms with Crippen LogP contribution in [0.15, 0.2) is 25.0 Å². The fourth-order valence-electron chi connectivity index (χ4n) is 3.25. The number of aryl methyl sites for hydroxylation is 1. The van der Waals surface area contributed by atoms with Gasteiger partial charge in [-0.3, -0.25) is 9.13 Å². The van der Waals surface area contributed by atoms with Gasteiger partial charge in [0.2, 0.25) is 0 Å². The van der Waals surface area contributed by atoms with E-state index in [1.807, 2.05) is 10.8 Å². The second-order valence-corrected chi connectivity index (χ2v) is 6.21. The molecular weight excluding hydrogens is 340 g/mol. The van der Waals surface area contributed by atoms with Crippen molar-refractivity contribution in [3.8, 4) is 5.82 Å². The molecule has 1 fully saturated rings. The number of hydrogen-bond donors (Lipinski definition) is 3. The number of imidazole rings is 2. The minimum Gasteiger partial charge on any atom is -0.394 e. The Labute approximate surface area is 148 Å². The highest BCUT2D eigenvalue weighted by Gasteiger charge is 2.44. The molecule has 10 nitrogen and oxygen atoms in total. The number of nitrogens with zero attached hydrogens (tertiary/aromatic N) is 6. The first-order valence-electron chi connectivity index (χ1n) is 8.48. The number of rotatable bonds is 5. The molecule has 0 saturated carbocycles. The smallest absolute Gasteiger partial charge is 0.169 e. The molecule has 3 aromatic heterocycles. The molecule has 0 bridgehead atoms. The molecule has 1 aliphatic rings. The van der Waals surface area contributed by atoms with E-state index < -0.39 is 31.1 Å². The van der Waals surface area contributed by atoms with Gasteiger partial charge in [0.1, 0.15) is 30.5 Å². The van der Waals surface area contributed by atoms with Gasteiger partial charge in [-0.2, -0.15) is 0 Å². The lowest BCUT2D eigenvalue weighted by Crippen LogP contribution is -2.33. The first-order valence-corrected chi connectivity index (χ1v) is 8.48. The lowest BCUT2D eigenvalue weighted by molar-refractivity contribution is -0.0511. The second kappa shape index (κ2) is 6.72. The molecule has 1 aliphatic heterocycles.